The summed E-state index contributed by atoms with van der Waals surface area (Å²) < 4.78 is 28.6. The number of halogens is 2. The van der Waals surface area contributed by atoms with Crippen LogP contribution in [0, 0.1) is 0 Å². The lowest BCUT2D eigenvalue weighted by atomic mass is 9.74. The van der Waals surface area contributed by atoms with Crippen LogP contribution >= 0.6 is 31.9 Å². The highest BCUT2D eigenvalue weighted by atomic mass is 79.9. The Kier molecular flexibility index (Phi) is 3.48. The lowest BCUT2D eigenvalue weighted by Gasteiger charge is -2.28. The zero-order valence-electron chi connectivity index (χ0n) is 14.9. The van der Waals surface area contributed by atoms with Crippen LogP contribution in [0.2, 0.25) is 0 Å². The minimum Gasteiger partial charge on any atom is -0.218 e. The SMILES string of the molecule is O=S1(=O)c2ccc(Br)cc2-c2c1ccc1c2C2(CCCC2)c2ccc(Br)cc2-1. The second-order valence-corrected chi connectivity index (χ2v) is 11.7. The molecule has 0 saturated heterocycles. The minimum absolute atomic E-state index is 0.0733. The van der Waals surface area contributed by atoms with Crippen molar-refractivity contribution in [1.82, 2.24) is 0 Å². The van der Waals surface area contributed by atoms with Gasteiger partial charge in [-0.2, -0.15) is 0 Å². The highest BCUT2D eigenvalue weighted by molar-refractivity contribution is 9.10. The molecule has 3 aromatic rings. The largest absolute Gasteiger partial charge is 0.218 e. The molecule has 1 saturated carbocycles. The van der Waals surface area contributed by atoms with Crippen LogP contribution in [-0.4, -0.2) is 8.42 Å². The van der Waals surface area contributed by atoms with Crippen molar-refractivity contribution >= 4 is 41.7 Å². The fourth-order valence-electron chi connectivity index (χ4n) is 5.64. The molecular formula is C23H16Br2O2S. The molecule has 2 aliphatic carbocycles. The van der Waals surface area contributed by atoms with Gasteiger partial charge in [0.15, 0.2) is 0 Å². The quantitative estimate of drug-likeness (QED) is 0.256. The van der Waals surface area contributed by atoms with Gasteiger partial charge in [-0.25, -0.2) is 8.42 Å². The Hall–Kier alpha value is -1.43. The first kappa shape index (κ1) is 17.4. The second-order valence-electron chi connectivity index (χ2n) is 7.98. The molecular weight excluding hydrogens is 500 g/mol. The van der Waals surface area contributed by atoms with Gasteiger partial charge >= 0.3 is 0 Å². The molecule has 0 aromatic heterocycles. The number of benzene rings is 3. The van der Waals surface area contributed by atoms with Crippen molar-refractivity contribution in [2.75, 3.05) is 0 Å². The molecule has 0 bridgehead atoms. The van der Waals surface area contributed by atoms with Gasteiger partial charge < -0.3 is 0 Å². The lowest BCUT2D eigenvalue weighted by Crippen LogP contribution is -2.21. The van der Waals surface area contributed by atoms with Gasteiger partial charge in [-0.1, -0.05) is 56.8 Å². The van der Waals surface area contributed by atoms with E-state index in [0.717, 1.165) is 32.9 Å². The second kappa shape index (κ2) is 5.59. The highest BCUT2D eigenvalue weighted by Crippen LogP contribution is 2.62. The first-order valence-corrected chi connectivity index (χ1v) is 12.5. The third kappa shape index (κ3) is 2.00. The van der Waals surface area contributed by atoms with Crippen molar-refractivity contribution in [2.24, 2.45) is 0 Å². The molecule has 1 fully saturated rings. The fraction of sp³-hybridized carbons (Fsp3) is 0.217. The molecule has 0 radical (unpaired) electrons. The van der Waals surface area contributed by atoms with E-state index in [1.165, 1.54) is 35.1 Å². The Balaban J connectivity index is 1.80. The predicted molar refractivity (Wildman–Crippen MR) is 117 cm³/mol. The maximum atomic E-state index is 13.3. The van der Waals surface area contributed by atoms with E-state index in [0.29, 0.717) is 9.79 Å². The summed E-state index contributed by atoms with van der Waals surface area (Å²) in [4.78, 5) is 0.905. The van der Waals surface area contributed by atoms with Crippen LogP contribution in [0.3, 0.4) is 0 Å². The molecule has 1 aliphatic heterocycles. The van der Waals surface area contributed by atoms with Gasteiger partial charge in [0.2, 0.25) is 9.84 Å². The Labute approximate surface area is 181 Å². The van der Waals surface area contributed by atoms with Gasteiger partial charge in [-0.05, 0) is 71.5 Å². The Morgan fingerprint density at radius 3 is 2.14 bits per heavy atom. The normalized spacial score (nSPS) is 19.4. The van der Waals surface area contributed by atoms with Gasteiger partial charge in [0.25, 0.3) is 0 Å². The topological polar surface area (TPSA) is 34.1 Å². The first-order valence-electron chi connectivity index (χ1n) is 9.46. The summed E-state index contributed by atoms with van der Waals surface area (Å²) >= 11 is 7.17. The van der Waals surface area contributed by atoms with Gasteiger partial charge in [0.1, 0.15) is 0 Å². The molecule has 1 heterocycles. The molecule has 3 aliphatic rings. The lowest BCUT2D eigenvalue weighted by molar-refractivity contribution is 0.550. The van der Waals surface area contributed by atoms with Crippen LogP contribution < -0.4 is 0 Å². The highest BCUT2D eigenvalue weighted by Gasteiger charge is 2.49. The van der Waals surface area contributed by atoms with Crippen LogP contribution in [0.25, 0.3) is 22.3 Å². The molecule has 2 nitrogen and oxygen atoms in total. The Morgan fingerprint density at radius 1 is 0.750 bits per heavy atom. The zero-order valence-corrected chi connectivity index (χ0v) is 18.9. The fourth-order valence-corrected chi connectivity index (χ4v) is 8.02. The van der Waals surface area contributed by atoms with Crippen LogP contribution in [0.5, 0.6) is 0 Å². The van der Waals surface area contributed by atoms with Crippen molar-refractivity contribution in [3.05, 3.63) is 68.6 Å². The molecule has 28 heavy (non-hydrogen) atoms. The molecule has 3 aromatic carbocycles. The van der Waals surface area contributed by atoms with Crippen LogP contribution in [-0.2, 0) is 15.3 Å². The van der Waals surface area contributed by atoms with E-state index in [-0.39, 0.29) is 5.41 Å². The molecule has 6 rings (SSSR count). The summed E-state index contributed by atoms with van der Waals surface area (Å²) in [6.45, 7) is 0. The standard InChI is InChI=1S/C23H16Br2O2S/c24-13-3-6-18-16(11-13)15-5-8-20-21(22(15)23(18)9-1-2-10-23)17-12-14(25)4-7-19(17)28(20,26)27/h3-8,11-12H,1-2,9-10H2. The van der Waals surface area contributed by atoms with E-state index in [1.807, 2.05) is 24.3 Å². The predicted octanol–water partition coefficient (Wildman–Crippen LogP) is 6.87. The average Bonchev–Trinajstić information content (AvgIpc) is 3.31. The van der Waals surface area contributed by atoms with E-state index in [1.54, 1.807) is 6.07 Å². The summed E-state index contributed by atoms with van der Waals surface area (Å²) in [5.74, 6) is 0. The van der Waals surface area contributed by atoms with Crippen molar-refractivity contribution in [3.8, 4) is 22.3 Å². The molecule has 5 heteroatoms. The number of rotatable bonds is 0. The van der Waals surface area contributed by atoms with Gasteiger partial charge in [0, 0.05) is 25.5 Å². The van der Waals surface area contributed by atoms with E-state index < -0.39 is 9.84 Å². The number of hydrogen-bond donors (Lipinski definition) is 0. The average molecular weight is 516 g/mol. The van der Waals surface area contributed by atoms with Crippen molar-refractivity contribution in [1.29, 1.82) is 0 Å². The Morgan fingerprint density at radius 2 is 1.39 bits per heavy atom. The summed E-state index contributed by atoms with van der Waals surface area (Å²) in [5.41, 5.74) is 6.74. The zero-order chi connectivity index (χ0) is 19.3. The van der Waals surface area contributed by atoms with Crippen LogP contribution in [0.4, 0.5) is 0 Å². The summed E-state index contributed by atoms with van der Waals surface area (Å²) in [6.07, 6.45) is 4.51. The number of sulfone groups is 1. The van der Waals surface area contributed by atoms with Gasteiger partial charge in [-0.15, -0.1) is 0 Å². The number of hydrogen-bond acceptors (Lipinski definition) is 2. The molecule has 0 unspecified atom stereocenters. The Bertz CT molecular complexity index is 1300. The maximum Gasteiger partial charge on any atom is 0.207 e. The van der Waals surface area contributed by atoms with E-state index in [4.69, 9.17) is 0 Å². The minimum atomic E-state index is -3.48. The van der Waals surface area contributed by atoms with E-state index in [9.17, 15) is 8.42 Å². The maximum absolute atomic E-state index is 13.3. The molecule has 0 amide bonds. The third-order valence-electron chi connectivity index (χ3n) is 6.68. The summed E-state index contributed by atoms with van der Waals surface area (Å²) in [7, 11) is -3.48. The van der Waals surface area contributed by atoms with E-state index >= 15 is 0 Å². The van der Waals surface area contributed by atoms with Crippen molar-refractivity contribution in [2.45, 2.75) is 40.9 Å². The van der Waals surface area contributed by atoms with Crippen LogP contribution in [0.1, 0.15) is 36.8 Å². The summed E-state index contributed by atoms with van der Waals surface area (Å²) in [6, 6.07) is 15.9. The third-order valence-corrected chi connectivity index (χ3v) is 9.52. The van der Waals surface area contributed by atoms with Crippen molar-refractivity contribution < 1.29 is 8.42 Å². The smallest absolute Gasteiger partial charge is 0.207 e. The summed E-state index contributed by atoms with van der Waals surface area (Å²) in [5, 5.41) is 0. The molecule has 0 atom stereocenters. The monoisotopic (exact) mass is 514 g/mol. The van der Waals surface area contributed by atoms with Gasteiger partial charge in [-0.3, -0.25) is 0 Å². The van der Waals surface area contributed by atoms with Gasteiger partial charge in [0.05, 0.1) is 9.79 Å². The van der Waals surface area contributed by atoms with E-state index in [2.05, 4.69) is 50.1 Å². The molecule has 140 valence electrons. The van der Waals surface area contributed by atoms with Crippen molar-refractivity contribution in [3.63, 3.8) is 0 Å². The van der Waals surface area contributed by atoms with Crippen LogP contribution in [0.15, 0.2) is 67.3 Å². The number of fused-ring (bicyclic) bond motifs is 9. The first-order chi connectivity index (χ1) is 13.4. The molecule has 0 N–H and O–H groups in total. The molecule has 1 spiro atoms.